The summed E-state index contributed by atoms with van der Waals surface area (Å²) in [6.45, 7) is 0. The Morgan fingerprint density at radius 2 is 1.91 bits per heavy atom. The van der Waals surface area contributed by atoms with Crippen molar-refractivity contribution in [2.75, 3.05) is 19.1 Å². The predicted octanol–water partition coefficient (Wildman–Crippen LogP) is 0.454. The van der Waals surface area contributed by atoms with E-state index in [4.69, 9.17) is 0 Å². The molecule has 0 fully saturated rings. The lowest BCUT2D eigenvalue weighted by Crippen LogP contribution is -2.46. The normalized spacial score (nSPS) is 18.5. The van der Waals surface area contributed by atoms with Crippen LogP contribution >= 0.6 is 0 Å². The molecule has 10 nitrogen and oxygen atoms in total. The van der Waals surface area contributed by atoms with Crippen molar-refractivity contribution in [1.29, 1.82) is 0 Å². The average Bonchev–Trinajstić information content (AvgIpc) is 2.73. The molecule has 0 N–H and O–H groups in total. The van der Waals surface area contributed by atoms with Crippen LogP contribution in [0.25, 0.3) is 0 Å². The molecule has 118 valence electrons. The summed E-state index contributed by atoms with van der Waals surface area (Å²) in [7, 11) is -2.41. The van der Waals surface area contributed by atoms with Gasteiger partial charge in [0.05, 0.1) is 24.8 Å². The van der Waals surface area contributed by atoms with E-state index in [1.807, 2.05) is 0 Å². The van der Waals surface area contributed by atoms with Gasteiger partial charge >= 0.3 is 12.1 Å². The highest BCUT2D eigenvalue weighted by Gasteiger charge is 2.52. The Kier molecular flexibility index (Phi) is 3.75. The van der Waals surface area contributed by atoms with E-state index < -0.39 is 42.8 Å². The molecular formula is C11H10N2O8S. The van der Waals surface area contributed by atoms with Crippen LogP contribution in [-0.4, -0.2) is 45.0 Å². The molecule has 2 rings (SSSR count). The topological polar surface area (TPSA) is 133 Å². The van der Waals surface area contributed by atoms with Crippen LogP contribution in [-0.2, 0) is 24.1 Å². The van der Waals surface area contributed by atoms with Crippen LogP contribution in [0, 0.1) is 10.1 Å². The fourth-order valence-electron chi connectivity index (χ4n) is 2.05. The number of nitro groups is 1. The first-order valence-corrected chi connectivity index (χ1v) is 7.27. The highest BCUT2D eigenvalue weighted by atomic mass is 32.2. The Morgan fingerprint density at radius 1 is 1.27 bits per heavy atom. The van der Waals surface area contributed by atoms with Crippen molar-refractivity contribution in [3.63, 3.8) is 0 Å². The molecule has 0 aliphatic carbocycles. The number of amides is 1. The minimum Gasteiger partial charge on any atom is -0.467 e. The third-order valence-electron chi connectivity index (χ3n) is 3.02. The van der Waals surface area contributed by atoms with Gasteiger partial charge in [0.1, 0.15) is 4.90 Å². The van der Waals surface area contributed by atoms with Crippen LogP contribution in [0.3, 0.4) is 0 Å². The Labute approximate surface area is 124 Å². The monoisotopic (exact) mass is 330 g/mol. The summed E-state index contributed by atoms with van der Waals surface area (Å²) in [5.41, 5.74) is -0.675. The maximum atomic E-state index is 12.4. The quantitative estimate of drug-likeness (QED) is 0.433. The van der Waals surface area contributed by atoms with E-state index in [1.54, 1.807) is 0 Å². The molecule has 0 spiro atoms. The molecule has 1 aromatic carbocycles. The standard InChI is InChI=1S/C11H10N2O8S/c1-20-10(14)9-12(11(15)21-2)7-4-3-6(13(16)17)5-8(7)22(9,18)19/h3-5,9H,1-2H3. The average molecular weight is 330 g/mol. The Morgan fingerprint density at radius 3 is 2.41 bits per heavy atom. The van der Waals surface area contributed by atoms with Gasteiger partial charge in [-0.3, -0.25) is 10.1 Å². The maximum absolute atomic E-state index is 12.4. The summed E-state index contributed by atoms with van der Waals surface area (Å²) >= 11 is 0. The summed E-state index contributed by atoms with van der Waals surface area (Å²) in [5, 5.41) is 8.78. The fraction of sp³-hybridized carbons (Fsp3) is 0.273. The second-order valence-corrected chi connectivity index (χ2v) is 6.15. The molecule has 1 aliphatic heterocycles. The van der Waals surface area contributed by atoms with E-state index in [1.165, 1.54) is 0 Å². The minimum absolute atomic E-state index is 0.187. The molecule has 1 aliphatic rings. The van der Waals surface area contributed by atoms with Gasteiger partial charge in [-0.2, -0.15) is 0 Å². The lowest BCUT2D eigenvalue weighted by atomic mass is 10.2. The largest absolute Gasteiger partial charge is 0.467 e. The molecule has 0 saturated carbocycles. The molecule has 1 atom stereocenters. The first-order valence-electron chi connectivity index (χ1n) is 5.73. The molecule has 11 heteroatoms. The lowest BCUT2D eigenvalue weighted by Gasteiger charge is -2.20. The van der Waals surface area contributed by atoms with Gasteiger partial charge < -0.3 is 9.47 Å². The number of carbonyl (C=O) groups is 2. The minimum atomic E-state index is -4.37. The Bertz CT molecular complexity index is 772. The van der Waals surface area contributed by atoms with Gasteiger partial charge in [-0.05, 0) is 6.07 Å². The smallest absolute Gasteiger partial charge is 0.415 e. The molecule has 0 bridgehead atoms. The number of benzene rings is 1. The van der Waals surface area contributed by atoms with Gasteiger partial charge in [0.25, 0.3) is 5.69 Å². The van der Waals surface area contributed by atoms with Crippen molar-refractivity contribution < 1.29 is 32.4 Å². The number of nitrogens with zero attached hydrogens (tertiary/aromatic N) is 2. The van der Waals surface area contributed by atoms with Gasteiger partial charge in [0.2, 0.25) is 15.2 Å². The summed E-state index contributed by atoms with van der Waals surface area (Å²) in [6, 6.07) is 2.86. The van der Waals surface area contributed by atoms with Gasteiger partial charge in [-0.15, -0.1) is 0 Å². The molecule has 1 aromatic rings. The predicted molar refractivity (Wildman–Crippen MR) is 71.0 cm³/mol. The number of nitro benzene ring substituents is 1. The van der Waals surface area contributed by atoms with Crippen molar-refractivity contribution in [2.24, 2.45) is 0 Å². The van der Waals surface area contributed by atoms with E-state index in [2.05, 4.69) is 9.47 Å². The third-order valence-corrected chi connectivity index (χ3v) is 4.95. The molecule has 22 heavy (non-hydrogen) atoms. The number of fused-ring (bicyclic) bond motifs is 1. The van der Waals surface area contributed by atoms with Crippen LogP contribution < -0.4 is 4.90 Å². The number of non-ortho nitro benzene ring substituents is 1. The zero-order valence-corrected chi connectivity index (χ0v) is 12.2. The van der Waals surface area contributed by atoms with E-state index in [0.717, 1.165) is 32.4 Å². The second-order valence-electron chi connectivity index (χ2n) is 4.17. The van der Waals surface area contributed by atoms with Crippen LogP contribution in [0.4, 0.5) is 16.2 Å². The lowest BCUT2D eigenvalue weighted by molar-refractivity contribution is -0.385. The van der Waals surface area contributed by atoms with Gasteiger partial charge in [0.15, 0.2) is 0 Å². The van der Waals surface area contributed by atoms with Gasteiger partial charge in [-0.1, -0.05) is 0 Å². The zero-order valence-electron chi connectivity index (χ0n) is 11.4. The van der Waals surface area contributed by atoms with Crippen molar-refractivity contribution in [1.82, 2.24) is 0 Å². The summed E-state index contributed by atoms with van der Waals surface area (Å²) in [4.78, 5) is 33.6. The van der Waals surface area contributed by atoms with Crippen LogP contribution in [0.1, 0.15) is 0 Å². The number of sulfone groups is 1. The first-order chi connectivity index (χ1) is 10.3. The van der Waals surface area contributed by atoms with E-state index in [0.29, 0.717) is 4.90 Å². The van der Waals surface area contributed by atoms with Crippen LogP contribution in [0.2, 0.25) is 0 Å². The first kappa shape index (κ1) is 15.7. The molecule has 1 amide bonds. The molecule has 1 unspecified atom stereocenters. The molecule has 0 aromatic heterocycles. The Hall–Kier alpha value is -2.69. The fourth-order valence-corrected chi connectivity index (χ4v) is 3.86. The number of rotatable bonds is 2. The second kappa shape index (κ2) is 5.26. The summed E-state index contributed by atoms with van der Waals surface area (Å²) in [6.07, 6.45) is -1.11. The number of esters is 1. The van der Waals surface area contributed by atoms with Crippen molar-refractivity contribution in [2.45, 2.75) is 10.3 Å². The SMILES string of the molecule is COC(=O)C1N(C(=O)OC)c2ccc([N+](=O)[O-])cc2S1(=O)=O. The highest BCUT2D eigenvalue weighted by molar-refractivity contribution is 7.93. The maximum Gasteiger partial charge on any atom is 0.415 e. The highest BCUT2D eigenvalue weighted by Crippen LogP contribution is 2.41. The number of carbonyl (C=O) groups excluding carboxylic acids is 2. The van der Waals surface area contributed by atoms with Crippen LogP contribution in [0.5, 0.6) is 0 Å². The van der Waals surface area contributed by atoms with E-state index in [-0.39, 0.29) is 5.69 Å². The van der Waals surface area contributed by atoms with Crippen molar-refractivity contribution in [3.05, 3.63) is 28.3 Å². The van der Waals surface area contributed by atoms with Crippen molar-refractivity contribution in [3.8, 4) is 0 Å². The number of anilines is 1. The van der Waals surface area contributed by atoms with Gasteiger partial charge in [0, 0.05) is 12.1 Å². The Balaban J connectivity index is 2.73. The zero-order chi connectivity index (χ0) is 16.7. The van der Waals surface area contributed by atoms with Crippen LogP contribution in [0.15, 0.2) is 23.1 Å². The summed E-state index contributed by atoms with van der Waals surface area (Å²) < 4.78 is 33.7. The molecule has 1 heterocycles. The third kappa shape index (κ3) is 2.15. The molecule has 0 saturated heterocycles. The number of ether oxygens (including phenoxy) is 2. The summed E-state index contributed by atoms with van der Waals surface area (Å²) in [5.74, 6) is -1.20. The number of methoxy groups -OCH3 is 2. The van der Waals surface area contributed by atoms with Crippen molar-refractivity contribution >= 4 is 33.3 Å². The molecular weight excluding hydrogens is 320 g/mol. The van der Waals surface area contributed by atoms with E-state index in [9.17, 15) is 28.1 Å². The van der Waals surface area contributed by atoms with E-state index >= 15 is 0 Å². The number of hydrogen-bond donors (Lipinski definition) is 0. The number of hydrogen-bond acceptors (Lipinski definition) is 8. The van der Waals surface area contributed by atoms with Gasteiger partial charge in [-0.25, -0.2) is 22.9 Å². The molecule has 0 radical (unpaired) electrons.